The first kappa shape index (κ1) is 9.66. The second kappa shape index (κ2) is 5.45. The number of hydrogen-bond donors (Lipinski definition) is 0. The average molecular weight is 158 g/mol. The Morgan fingerprint density at radius 1 is 1.10 bits per heavy atom. The molecule has 1 aromatic heterocycles. The minimum atomic E-state index is 1.40. The maximum Gasteiger partial charge on any atom is 0.0351 e. The highest BCUT2D eigenvalue weighted by atomic mass is 32.1. The normalized spacial score (nSPS) is 8.40. The second-order valence-electron chi connectivity index (χ2n) is 2.06. The molecule has 1 heterocycles. The lowest BCUT2D eigenvalue weighted by molar-refractivity contribution is 0.277. The van der Waals surface area contributed by atoms with Crippen LogP contribution in [0.2, 0.25) is 0 Å². The topological polar surface area (TPSA) is 9.23 Å². The molecular weight excluding hydrogens is 144 g/mol. The van der Waals surface area contributed by atoms with Crippen molar-refractivity contribution in [2.45, 2.75) is 13.8 Å². The van der Waals surface area contributed by atoms with Gasteiger partial charge in [0.2, 0.25) is 0 Å². The first-order chi connectivity index (χ1) is 4.70. The van der Waals surface area contributed by atoms with E-state index in [1.807, 2.05) is 11.3 Å². The molecule has 1 nitrogen and oxygen atoms in total. The van der Waals surface area contributed by atoms with E-state index in [0.717, 1.165) is 0 Å². The first-order valence-corrected chi connectivity index (χ1v) is 3.95. The Labute approximate surface area is 66.7 Å². The lowest BCUT2D eigenvalue weighted by Gasteiger charge is -1.71. The lowest BCUT2D eigenvalue weighted by atomic mass is 10.5. The van der Waals surface area contributed by atoms with Crippen molar-refractivity contribution in [3.05, 3.63) is 21.9 Å². The predicted molar refractivity (Wildman–Crippen MR) is 46.7 cm³/mol. The van der Waals surface area contributed by atoms with Gasteiger partial charge in [0, 0.05) is 24.0 Å². The van der Waals surface area contributed by atoms with Gasteiger partial charge in [0.1, 0.15) is 0 Å². The molecule has 0 saturated carbocycles. The van der Waals surface area contributed by atoms with Crippen molar-refractivity contribution < 1.29 is 4.74 Å². The largest absolute Gasteiger partial charge is 0.388 e. The van der Waals surface area contributed by atoms with E-state index in [-0.39, 0.29) is 0 Å². The fourth-order valence-electron chi connectivity index (χ4n) is 0.557. The van der Waals surface area contributed by atoms with E-state index in [1.54, 1.807) is 14.2 Å². The molecule has 0 aromatic carbocycles. The zero-order chi connectivity index (χ0) is 7.98. The lowest BCUT2D eigenvalue weighted by Crippen LogP contribution is -1.55. The summed E-state index contributed by atoms with van der Waals surface area (Å²) < 4.78 is 4.25. The van der Waals surface area contributed by atoms with Crippen LogP contribution in [0.4, 0.5) is 0 Å². The summed E-state index contributed by atoms with van der Waals surface area (Å²) in [5.41, 5.74) is 0. The molecule has 0 unspecified atom stereocenters. The highest BCUT2D eigenvalue weighted by Gasteiger charge is 1.84. The van der Waals surface area contributed by atoms with Gasteiger partial charge in [-0.1, -0.05) is 0 Å². The number of thiophene rings is 1. The molecule has 0 amide bonds. The summed E-state index contributed by atoms with van der Waals surface area (Å²) in [6, 6.07) is 4.28. The molecule has 0 aliphatic carbocycles. The monoisotopic (exact) mass is 158 g/mol. The summed E-state index contributed by atoms with van der Waals surface area (Å²) >= 11 is 1.84. The Balaban J connectivity index is 0.000000236. The number of aryl methyl sites for hydroxylation is 2. The van der Waals surface area contributed by atoms with Crippen molar-refractivity contribution in [2.75, 3.05) is 14.2 Å². The van der Waals surface area contributed by atoms with Gasteiger partial charge in [-0.05, 0) is 26.0 Å². The Bertz CT molecular complexity index is 153. The van der Waals surface area contributed by atoms with Crippen LogP contribution in [0.15, 0.2) is 12.1 Å². The molecule has 0 atom stereocenters. The average Bonchev–Trinajstić information content (AvgIpc) is 2.17. The van der Waals surface area contributed by atoms with Gasteiger partial charge in [-0.15, -0.1) is 11.3 Å². The zero-order valence-electron chi connectivity index (χ0n) is 6.97. The summed E-state index contributed by atoms with van der Waals surface area (Å²) in [7, 11) is 3.25. The van der Waals surface area contributed by atoms with Crippen molar-refractivity contribution in [1.29, 1.82) is 0 Å². The van der Waals surface area contributed by atoms with Crippen LogP contribution < -0.4 is 0 Å². The van der Waals surface area contributed by atoms with Crippen LogP contribution in [-0.2, 0) is 4.74 Å². The van der Waals surface area contributed by atoms with Crippen molar-refractivity contribution in [3.63, 3.8) is 0 Å². The molecule has 0 aliphatic heterocycles. The molecule has 2 heteroatoms. The fourth-order valence-corrected chi connectivity index (χ4v) is 1.34. The van der Waals surface area contributed by atoms with Crippen LogP contribution in [0.1, 0.15) is 9.75 Å². The third-order valence-corrected chi connectivity index (χ3v) is 1.79. The zero-order valence-corrected chi connectivity index (χ0v) is 7.79. The maximum absolute atomic E-state index is 4.25. The van der Waals surface area contributed by atoms with Gasteiger partial charge in [-0.2, -0.15) is 0 Å². The standard InChI is InChI=1S/C6H8S.C2H6O/c1-5-3-4-6(2)7-5;1-3-2/h3-4H,1-2H3;1-2H3. The van der Waals surface area contributed by atoms with E-state index < -0.39 is 0 Å². The van der Waals surface area contributed by atoms with Crippen molar-refractivity contribution in [1.82, 2.24) is 0 Å². The fraction of sp³-hybridized carbons (Fsp3) is 0.500. The summed E-state index contributed by atoms with van der Waals surface area (Å²) in [5.74, 6) is 0. The van der Waals surface area contributed by atoms with Gasteiger partial charge in [0.15, 0.2) is 0 Å². The number of rotatable bonds is 0. The Morgan fingerprint density at radius 2 is 1.40 bits per heavy atom. The Hall–Kier alpha value is -0.340. The second-order valence-corrected chi connectivity index (χ2v) is 3.56. The van der Waals surface area contributed by atoms with E-state index in [1.165, 1.54) is 9.75 Å². The highest BCUT2D eigenvalue weighted by Crippen LogP contribution is 2.11. The van der Waals surface area contributed by atoms with E-state index in [0.29, 0.717) is 0 Å². The first-order valence-electron chi connectivity index (χ1n) is 3.14. The molecule has 1 rings (SSSR count). The van der Waals surface area contributed by atoms with Crippen molar-refractivity contribution in [2.24, 2.45) is 0 Å². The Kier molecular flexibility index (Phi) is 5.26. The van der Waals surface area contributed by atoms with Crippen molar-refractivity contribution in [3.8, 4) is 0 Å². The van der Waals surface area contributed by atoms with Crippen LogP contribution in [0.5, 0.6) is 0 Å². The van der Waals surface area contributed by atoms with Crippen LogP contribution in [0.25, 0.3) is 0 Å². The van der Waals surface area contributed by atoms with Gasteiger partial charge < -0.3 is 4.74 Å². The van der Waals surface area contributed by atoms with Gasteiger partial charge in [-0.25, -0.2) is 0 Å². The van der Waals surface area contributed by atoms with Gasteiger partial charge in [-0.3, -0.25) is 0 Å². The Morgan fingerprint density at radius 3 is 1.50 bits per heavy atom. The van der Waals surface area contributed by atoms with Crippen LogP contribution in [0.3, 0.4) is 0 Å². The summed E-state index contributed by atoms with van der Waals surface area (Å²) in [6.07, 6.45) is 0. The molecule has 0 spiro atoms. The summed E-state index contributed by atoms with van der Waals surface area (Å²) in [4.78, 5) is 2.80. The molecule has 1 aromatic rings. The molecule has 58 valence electrons. The van der Waals surface area contributed by atoms with Gasteiger partial charge in [0.05, 0.1) is 0 Å². The minimum absolute atomic E-state index is 1.40. The SMILES string of the molecule is COC.Cc1ccc(C)s1. The van der Waals surface area contributed by atoms with E-state index in [2.05, 4.69) is 30.7 Å². The van der Waals surface area contributed by atoms with E-state index in [4.69, 9.17) is 0 Å². The molecule has 0 N–H and O–H groups in total. The summed E-state index contributed by atoms with van der Waals surface area (Å²) in [5, 5.41) is 0. The smallest absolute Gasteiger partial charge is 0.0351 e. The number of hydrogen-bond acceptors (Lipinski definition) is 2. The highest BCUT2D eigenvalue weighted by molar-refractivity contribution is 7.11. The van der Waals surface area contributed by atoms with Crippen LogP contribution in [-0.4, -0.2) is 14.2 Å². The molecule has 0 fully saturated rings. The molecule has 0 radical (unpaired) electrons. The van der Waals surface area contributed by atoms with E-state index in [9.17, 15) is 0 Å². The molecule has 0 bridgehead atoms. The van der Waals surface area contributed by atoms with Crippen LogP contribution in [0, 0.1) is 13.8 Å². The molecule has 10 heavy (non-hydrogen) atoms. The molecular formula is C8H14OS. The number of ether oxygens (including phenoxy) is 1. The third-order valence-electron chi connectivity index (χ3n) is 0.875. The summed E-state index contributed by atoms with van der Waals surface area (Å²) in [6.45, 7) is 4.25. The third kappa shape index (κ3) is 4.53. The maximum atomic E-state index is 4.25. The van der Waals surface area contributed by atoms with Gasteiger partial charge in [0.25, 0.3) is 0 Å². The van der Waals surface area contributed by atoms with Gasteiger partial charge >= 0.3 is 0 Å². The number of methoxy groups -OCH3 is 1. The minimum Gasteiger partial charge on any atom is -0.388 e. The van der Waals surface area contributed by atoms with Crippen LogP contribution >= 0.6 is 11.3 Å². The van der Waals surface area contributed by atoms with E-state index >= 15 is 0 Å². The predicted octanol–water partition coefficient (Wildman–Crippen LogP) is 2.63. The molecule has 0 aliphatic rings. The molecule has 0 saturated heterocycles. The van der Waals surface area contributed by atoms with Crippen molar-refractivity contribution >= 4 is 11.3 Å². The quantitative estimate of drug-likeness (QED) is 0.564.